The van der Waals surface area contributed by atoms with E-state index in [1.54, 1.807) is 0 Å². The number of nitrogens with zero attached hydrogens (tertiary/aromatic N) is 2. The van der Waals surface area contributed by atoms with Crippen LogP contribution < -0.4 is 16.5 Å². The first kappa shape index (κ1) is 25.5. The maximum atomic E-state index is 11.2. The molecular formula is C27H48BrN5O. The van der Waals surface area contributed by atoms with Crippen LogP contribution in [-0.2, 0) is 0 Å². The first-order chi connectivity index (χ1) is 16.4. The maximum absolute atomic E-state index is 11.2. The number of hydrogen-bond donors (Lipinski definition) is 4. The number of piperidine rings is 2. The number of aliphatic hydroxyl groups excluding tert-OH is 1. The van der Waals surface area contributed by atoms with Crippen LogP contribution in [0, 0.1) is 23.7 Å². The van der Waals surface area contributed by atoms with Crippen molar-refractivity contribution in [2.24, 2.45) is 29.4 Å². The highest BCUT2D eigenvalue weighted by molar-refractivity contribution is 9.09. The van der Waals surface area contributed by atoms with Gasteiger partial charge in [-0.1, -0.05) is 42.8 Å². The van der Waals surface area contributed by atoms with Crippen LogP contribution in [0.5, 0.6) is 0 Å². The first-order valence-electron chi connectivity index (χ1n) is 14.3. The van der Waals surface area contributed by atoms with Crippen LogP contribution in [0.25, 0.3) is 0 Å². The molecule has 34 heavy (non-hydrogen) atoms. The zero-order valence-electron chi connectivity index (χ0n) is 21.3. The van der Waals surface area contributed by atoms with E-state index in [-0.39, 0.29) is 18.3 Å². The Kier molecular flexibility index (Phi) is 7.99. The van der Waals surface area contributed by atoms with Gasteiger partial charge in [0.1, 0.15) is 0 Å². The van der Waals surface area contributed by atoms with Crippen LogP contribution >= 0.6 is 15.9 Å². The molecule has 3 heterocycles. The van der Waals surface area contributed by atoms with Crippen LogP contribution in [0.1, 0.15) is 84.5 Å². The number of alkyl halides is 1. The SMILES string of the molecule is C=C(C1CCC(Br)NC1N)N1CCC2C(C(CCC)NN2C2CCC(C3CC3)CC2O)C1CC. The summed E-state index contributed by atoms with van der Waals surface area (Å²) in [6, 6.07) is 1.74. The van der Waals surface area contributed by atoms with Crippen LogP contribution in [0.15, 0.2) is 12.3 Å². The third-order valence-electron chi connectivity index (χ3n) is 9.91. The van der Waals surface area contributed by atoms with Gasteiger partial charge in [0, 0.05) is 42.2 Å². The predicted molar refractivity (Wildman–Crippen MR) is 142 cm³/mol. The van der Waals surface area contributed by atoms with Gasteiger partial charge in [-0.2, -0.15) is 0 Å². The molecule has 6 nitrogen and oxygen atoms in total. The molecule has 0 spiro atoms. The normalized spacial score (nSPS) is 45.9. The molecule has 2 aliphatic carbocycles. The largest absolute Gasteiger partial charge is 0.391 e. The summed E-state index contributed by atoms with van der Waals surface area (Å²) in [6.07, 6.45) is 12.8. The second-order valence-corrected chi connectivity index (χ2v) is 13.0. The molecule has 10 unspecified atom stereocenters. The number of hydrogen-bond acceptors (Lipinski definition) is 6. The molecule has 5 rings (SSSR count). The summed E-state index contributed by atoms with van der Waals surface area (Å²) in [5.41, 5.74) is 11.8. The van der Waals surface area contributed by atoms with Crippen molar-refractivity contribution < 1.29 is 5.11 Å². The lowest BCUT2D eigenvalue weighted by atomic mass is 9.76. The summed E-state index contributed by atoms with van der Waals surface area (Å²) in [5, 5.41) is 17.3. The predicted octanol–water partition coefficient (Wildman–Crippen LogP) is 3.90. The van der Waals surface area contributed by atoms with Crippen molar-refractivity contribution in [2.75, 3.05) is 6.54 Å². The van der Waals surface area contributed by atoms with Crippen LogP contribution in [0.3, 0.4) is 0 Å². The molecule has 7 heteroatoms. The second kappa shape index (κ2) is 10.7. The van der Waals surface area contributed by atoms with Crippen LogP contribution in [0.4, 0.5) is 0 Å². The van der Waals surface area contributed by atoms with Crippen molar-refractivity contribution in [1.29, 1.82) is 0 Å². The number of aliphatic hydroxyl groups is 1. The maximum Gasteiger partial charge on any atom is 0.0712 e. The van der Waals surface area contributed by atoms with E-state index in [9.17, 15) is 5.11 Å². The fourth-order valence-corrected chi connectivity index (χ4v) is 8.64. The summed E-state index contributed by atoms with van der Waals surface area (Å²) in [5.74, 6) is 2.54. The van der Waals surface area contributed by atoms with Crippen molar-refractivity contribution in [3.8, 4) is 0 Å². The Morgan fingerprint density at radius 1 is 1.06 bits per heavy atom. The van der Waals surface area contributed by atoms with Gasteiger partial charge in [0.15, 0.2) is 0 Å². The lowest BCUT2D eigenvalue weighted by Gasteiger charge is -2.50. The lowest BCUT2D eigenvalue weighted by molar-refractivity contribution is -0.0447. The quantitative estimate of drug-likeness (QED) is 0.291. The van der Waals surface area contributed by atoms with Crippen molar-refractivity contribution in [3.05, 3.63) is 12.3 Å². The van der Waals surface area contributed by atoms with E-state index in [0.717, 1.165) is 56.9 Å². The number of halogens is 1. The molecule has 0 aromatic carbocycles. The number of hydrazine groups is 1. The zero-order valence-corrected chi connectivity index (χ0v) is 22.9. The Balaban J connectivity index is 1.32. The molecule has 5 aliphatic rings. The van der Waals surface area contributed by atoms with Gasteiger partial charge >= 0.3 is 0 Å². The van der Waals surface area contributed by atoms with Crippen LogP contribution in [-0.4, -0.2) is 62.9 Å². The highest BCUT2D eigenvalue weighted by atomic mass is 79.9. The number of likely N-dealkylation sites (tertiary alicyclic amines) is 1. The molecule has 5 fully saturated rings. The minimum atomic E-state index is -0.190. The van der Waals surface area contributed by atoms with E-state index in [0.29, 0.717) is 34.9 Å². The Hall–Kier alpha value is -0.180. The fraction of sp³-hybridized carbons (Fsp3) is 0.926. The highest BCUT2D eigenvalue weighted by Crippen LogP contribution is 2.47. The van der Waals surface area contributed by atoms with E-state index < -0.39 is 0 Å². The van der Waals surface area contributed by atoms with E-state index in [4.69, 9.17) is 5.73 Å². The van der Waals surface area contributed by atoms with E-state index in [1.807, 2.05) is 0 Å². The Morgan fingerprint density at radius 2 is 1.82 bits per heavy atom. The number of nitrogens with one attached hydrogen (secondary N) is 2. The van der Waals surface area contributed by atoms with Crippen molar-refractivity contribution >= 4 is 15.9 Å². The second-order valence-electron chi connectivity index (χ2n) is 11.9. The summed E-state index contributed by atoms with van der Waals surface area (Å²) in [4.78, 5) is 2.94. The molecule has 0 bridgehead atoms. The van der Waals surface area contributed by atoms with Gasteiger partial charge in [0.25, 0.3) is 0 Å². The molecule has 0 radical (unpaired) electrons. The Labute approximate surface area is 215 Å². The van der Waals surface area contributed by atoms with Gasteiger partial charge in [-0.3, -0.25) is 10.7 Å². The molecule has 2 saturated carbocycles. The fourth-order valence-electron chi connectivity index (χ4n) is 8.07. The summed E-state index contributed by atoms with van der Waals surface area (Å²) in [6.45, 7) is 10.3. The number of nitrogens with two attached hydrogens (primary N) is 1. The summed E-state index contributed by atoms with van der Waals surface area (Å²) in [7, 11) is 0. The minimum Gasteiger partial charge on any atom is -0.391 e. The van der Waals surface area contributed by atoms with Crippen molar-refractivity contribution in [2.45, 2.75) is 126 Å². The Bertz CT molecular complexity index is 719. The molecular weight excluding hydrogens is 490 g/mol. The lowest BCUT2D eigenvalue weighted by Crippen LogP contribution is -2.59. The zero-order chi connectivity index (χ0) is 24.0. The van der Waals surface area contributed by atoms with Gasteiger partial charge < -0.3 is 15.7 Å². The third kappa shape index (κ3) is 4.87. The average Bonchev–Trinajstić information content (AvgIpc) is 3.61. The average molecular weight is 539 g/mol. The van der Waals surface area contributed by atoms with Crippen molar-refractivity contribution in [3.63, 3.8) is 0 Å². The van der Waals surface area contributed by atoms with Gasteiger partial charge in [0.2, 0.25) is 0 Å². The van der Waals surface area contributed by atoms with Gasteiger partial charge in [-0.25, -0.2) is 5.01 Å². The minimum absolute atomic E-state index is 0.0395. The molecule has 3 aliphatic heterocycles. The van der Waals surface area contributed by atoms with Gasteiger partial charge in [-0.05, 0) is 76.0 Å². The molecule has 3 saturated heterocycles. The van der Waals surface area contributed by atoms with E-state index in [1.165, 1.54) is 37.8 Å². The molecule has 0 aromatic heterocycles. The van der Waals surface area contributed by atoms with Gasteiger partial charge in [-0.15, -0.1) is 0 Å². The monoisotopic (exact) mass is 537 g/mol. The molecule has 0 amide bonds. The third-order valence-corrected chi connectivity index (χ3v) is 10.6. The highest BCUT2D eigenvalue weighted by Gasteiger charge is 2.53. The Morgan fingerprint density at radius 3 is 2.47 bits per heavy atom. The molecule has 5 N–H and O–H groups in total. The topological polar surface area (TPSA) is 76.8 Å². The number of rotatable bonds is 7. The van der Waals surface area contributed by atoms with E-state index in [2.05, 4.69) is 57.0 Å². The molecule has 0 aromatic rings. The standard InChI is InChI=1S/C27H48BrN5O/c1-4-6-20-26-21(5-2)32(16(3)19-10-12-25(28)30-27(19)29)14-13-23(26)33(31-20)22-11-9-18(15-24(22)34)17-7-8-17/h17-27,30-31,34H,3-15,29H2,1-2H3. The van der Waals surface area contributed by atoms with E-state index >= 15 is 0 Å². The van der Waals surface area contributed by atoms with Crippen LogP contribution in [0.2, 0.25) is 0 Å². The summed E-state index contributed by atoms with van der Waals surface area (Å²) < 4.78 is 0. The first-order valence-corrected chi connectivity index (χ1v) is 15.2. The molecule has 194 valence electrons. The summed E-state index contributed by atoms with van der Waals surface area (Å²) >= 11 is 3.68. The molecule has 10 atom stereocenters. The van der Waals surface area contributed by atoms with Gasteiger partial charge in [0.05, 0.1) is 23.3 Å². The smallest absolute Gasteiger partial charge is 0.0712 e. The van der Waals surface area contributed by atoms with Crippen molar-refractivity contribution in [1.82, 2.24) is 20.7 Å². The number of fused-ring (bicyclic) bond motifs is 1.